The minimum absolute atomic E-state index is 0.139. The van der Waals surface area contributed by atoms with Gasteiger partial charge in [-0.15, -0.1) is 0 Å². The molecule has 1 rings (SSSR count). The van der Waals surface area contributed by atoms with Crippen LogP contribution < -0.4 is 4.90 Å². The third-order valence-corrected chi connectivity index (χ3v) is 2.63. The number of nitrogens with zero attached hydrogens (tertiary/aromatic N) is 3. The fourth-order valence-electron chi connectivity index (χ4n) is 1.73. The Kier molecular flexibility index (Phi) is 5.69. The Labute approximate surface area is 113 Å². The van der Waals surface area contributed by atoms with Crippen molar-refractivity contribution in [2.75, 3.05) is 31.7 Å². The molecule has 0 amide bonds. The highest BCUT2D eigenvalue weighted by atomic mass is 16.5. The summed E-state index contributed by atoms with van der Waals surface area (Å²) in [5.41, 5.74) is 0.615. The van der Waals surface area contributed by atoms with Gasteiger partial charge >= 0.3 is 5.97 Å². The second-order valence-electron chi connectivity index (χ2n) is 4.81. The maximum absolute atomic E-state index is 10.9. The molecule has 6 nitrogen and oxygen atoms in total. The summed E-state index contributed by atoms with van der Waals surface area (Å²) in [4.78, 5) is 21.4. The summed E-state index contributed by atoms with van der Waals surface area (Å²) in [6, 6.07) is 0. The molecular formula is C13H21N3O3. The lowest BCUT2D eigenvalue weighted by Gasteiger charge is -2.24. The number of carboxylic acids is 1. The summed E-state index contributed by atoms with van der Waals surface area (Å²) in [6.07, 6.45) is 1.36. The predicted octanol–water partition coefficient (Wildman–Crippen LogP) is 1.59. The number of carbonyl (C=O) groups is 1. The van der Waals surface area contributed by atoms with Crippen LogP contribution in [0.15, 0.2) is 6.20 Å². The van der Waals surface area contributed by atoms with Crippen molar-refractivity contribution in [2.45, 2.75) is 20.8 Å². The Balaban J connectivity index is 2.95. The Bertz CT molecular complexity index is 435. The van der Waals surface area contributed by atoms with Crippen molar-refractivity contribution in [1.29, 1.82) is 0 Å². The minimum atomic E-state index is -1.00. The zero-order valence-corrected chi connectivity index (χ0v) is 11.9. The zero-order chi connectivity index (χ0) is 14.4. The summed E-state index contributed by atoms with van der Waals surface area (Å²) in [6.45, 7) is 7.96. The van der Waals surface area contributed by atoms with Crippen LogP contribution in [-0.4, -0.2) is 47.8 Å². The first-order chi connectivity index (χ1) is 8.95. The number of aromatic nitrogens is 2. The van der Waals surface area contributed by atoms with E-state index in [1.54, 1.807) is 14.0 Å². The quantitative estimate of drug-likeness (QED) is 0.808. The van der Waals surface area contributed by atoms with Crippen LogP contribution in [0.5, 0.6) is 0 Å². The largest absolute Gasteiger partial charge is 0.478 e. The highest BCUT2D eigenvalue weighted by molar-refractivity contribution is 5.88. The molecule has 0 fully saturated rings. The van der Waals surface area contributed by atoms with E-state index in [0.717, 1.165) is 6.54 Å². The van der Waals surface area contributed by atoms with Gasteiger partial charge in [-0.25, -0.2) is 14.8 Å². The van der Waals surface area contributed by atoms with E-state index in [2.05, 4.69) is 23.8 Å². The fraction of sp³-hybridized carbons (Fsp3) is 0.615. The highest BCUT2D eigenvalue weighted by Crippen LogP contribution is 2.13. The first-order valence-electron chi connectivity index (χ1n) is 6.26. The smallest absolute Gasteiger partial charge is 0.339 e. The fourth-order valence-corrected chi connectivity index (χ4v) is 1.73. The van der Waals surface area contributed by atoms with Gasteiger partial charge in [0, 0.05) is 26.4 Å². The monoisotopic (exact) mass is 267 g/mol. The van der Waals surface area contributed by atoms with Crippen LogP contribution in [0.25, 0.3) is 0 Å². The first-order valence-corrected chi connectivity index (χ1v) is 6.26. The number of rotatable bonds is 7. The molecular weight excluding hydrogens is 246 g/mol. The van der Waals surface area contributed by atoms with E-state index in [9.17, 15) is 4.79 Å². The highest BCUT2D eigenvalue weighted by Gasteiger charge is 2.15. The van der Waals surface area contributed by atoms with E-state index < -0.39 is 5.97 Å². The number of anilines is 1. The lowest BCUT2D eigenvalue weighted by atomic mass is 10.2. The summed E-state index contributed by atoms with van der Waals surface area (Å²) in [5, 5.41) is 8.97. The standard InChI is InChI=1S/C13H21N3O3/c1-9(2)8-16(5-6-19-4)13-14-7-11(12(17)18)10(3)15-13/h7,9H,5-6,8H2,1-4H3,(H,17,18). The van der Waals surface area contributed by atoms with Crippen molar-refractivity contribution in [2.24, 2.45) is 5.92 Å². The van der Waals surface area contributed by atoms with Crippen LogP contribution in [0.1, 0.15) is 29.9 Å². The Morgan fingerprint density at radius 3 is 2.68 bits per heavy atom. The lowest BCUT2D eigenvalue weighted by molar-refractivity contribution is 0.0695. The third kappa shape index (κ3) is 4.48. The topological polar surface area (TPSA) is 75.5 Å². The number of ether oxygens (including phenoxy) is 1. The zero-order valence-electron chi connectivity index (χ0n) is 11.9. The van der Waals surface area contributed by atoms with Gasteiger partial charge in [0.2, 0.25) is 5.95 Å². The van der Waals surface area contributed by atoms with E-state index in [0.29, 0.717) is 30.7 Å². The molecule has 0 bridgehead atoms. The second-order valence-corrected chi connectivity index (χ2v) is 4.81. The summed E-state index contributed by atoms with van der Waals surface area (Å²) in [5.74, 6) is 0.00418. The predicted molar refractivity (Wildman–Crippen MR) is 72.7 cm³/mol. The number of hydrogen-bond donors (Lipinski definition) is 1. The van der Waals surface area contributed by atoms with Gasteiger partial charge < -0.3 is 14.7 Å². The summed E-state index contributed by atoms with van der Waals surface area (Å²) < 4.78 is 5.08. The van der Waals surface area contributed by atoms with Gasteiger partial charge in [0.25, 0.3) is 0 Å². The van der Waals surface area contributed by atoms with Crippen LogP contribution in [0, 0.1) is 12.8 Å². The molecule has 1 aromatic rings. The van der Waals surface area contributed by atoms with Gasteiger partial charge in [-0.3, -0.25) is 0 Å². The Morgan fingerprint density at radius 1 is 1.53 bits per heavy atom. The molecule has 1 aromatic heterocycles. The van der Waals surface area contributed by atoms with Crippen molar-refractivity contribution >= 4 is 11.9 Å². The van der Waals surface area contributed by atoms with E-state index in [4.69, 9.17) is 9.84 Å². The van der Waals surface area contributed by atoms with Gasteiger partial charge in [0.05, 0.1) is 17.9 Å². The molecule has 0 unspecified atom stereocenters. The van der Waals surface area contributed by atoms with Gasteiger partial charge in [-0.05, 0) is 12.8 Å². The maximum Gasteiger partial charge on any atom is 0.339 e. The lowest BCUT2D eigenvalue weighted by Crippen LogP contribution is -2.32. The van der Waals surface area contributed by atoms with E-state index in [1.807, 2.05) is 4.90 Å². The number of methoxy groups -OCH3 is 1. The van der Waals surface area contributed by atoms with Crippen molar-refractivity contribution < 1.29 is 14.6 Å². The molecule has 0 aliphatic rings. The normalized spacial score (nSPS) is 10.8. The van der Waals surface area contributed by atoms with E-state index in [1.165, 1.54) is 6.20 Å². The van der Waals surface area contributed by atoms with Crippen LogP contribution >= 0.6 is 0 Å². The van der Waals surface area contributed by atoms with Gasteiger partial charge in [-0.2, -0.15) is 0 Å². The van der Waals surface area contributed by atoms with Gasteiger partial charge in [0.1, 0.15) is 0 Å². The number of carboxylic acid groups (broad SMARTS) is 1. The molecule has 0 aromatic carbocycles. The van der Waals surface area contributed by atoms with Crippen molar-refractivity contribution in [3.8, 4) is 0 Å². The Hall–Kier alpha value is -1.69. The molecule has 0 saturated carbocycles. The molecule has 6 heteroatoms. The second kappa shape index (κ2) is 7.04. The van der Waals surface area contributed by atoms with Crippen LogP contribution in [0.3, 0.4) is 0 Å². The number of hydrogen-bond acceptors (Lipinski definition) is 5. The number of aromatic carboxylic acids is 1. The molecule has 0 aliphatic heterocycles. The SMILES string of the molecule is COCCN(CC(C)C)c1ncc(C(=O)O)c(C)n1. The van der Waals surface area contributed by atoms with Crippen LogP contribution in [0.4, 0.5) is 5.95 Å². The van der Waals surface area contributed by atoms with E-state index in [-0.39, 0.29) is 5.56 Å². The molecule has 0 spiro atoms. The molecule has 1 heterocycles. The Morgan fingerprint density at radius 2 is 2.21 bits per heavy atom. The first kappa shape index (κ1) is 15.4. The van der Waals surface area contributed by atoms with Crippen molar-refractivity contribution in [3.05, 3.63) is 17.5 Å². The average Bonchev–Trinajstić information content (AvgIpc) is 2.33. The number of aryl methyl sites for hydroxylation is 1. The minimum Gasteiger partial charge on any atom is -0.478 e. The molecule has 0 aliphatic carbocycles. The summed E-state index contributed by atoms with van der Waals surface area (Å²) in [7, 11) is 1.65. The molecule has 0 radical (unpaired) electrons. The molecule has 1 N–H and O–H groups in total. The van der Waals surface area contributed by atoms with Crippen molar-refractivity contribution in [1.82, 2.24) is 9.97 Å². The molecule has 0 saturated heterocycles. The van der Waals surface area contributed by atoms with Crippen LogP contribution in [0.2, 0.25) is 0 Å². The molecule has 0 atom stereocenters. The van der Waals surface area contributed by atoms with Crippen molar-refractivity contribution in [3.63, 3.8) is 0 Å². The van der Waals surface area contributed by atoms with E-state index >= 15 is 0 Å². The summed E-state index contributed by atoms with van der Waals surface area (Å²) >= 11 is 0. The molecule has 19 heavy (non-hydrogen) atoms. The molecule has 106 valence electrons. The van der Waals surface area contributed by atoms with Crippen LogP contribution in [-0.2, 0) is 4.74 Å². The van der Waals surface area contributed by atoms with Gasteiger partial charge in [-0.1, -0.05) is 13.8 Å². The maximum atomic E-state index is 10.9. The third-order valence-electron chi connectivity index (χ3n) is 2.63. The van der Waals surface area contributed by atoms with Gasteiger partial charge in [0.15, 0.2) is 0 Å². The average molecular weight is 267 g/mol.